The molecule has 1 fully saturated rings. The van der Waals surface area contributed by atoms with E-state index in [1.165, 1.54) is 17.8 Å². The topological polar surface area (TPSA) is 40.5 Å². The van der Waals surface area contributed by atoms with Gasteiger partial charge in [0.2, 0.25) is 0 Å². The Hall–Kier alpha value is -1.07. The van der Waals surface area contributed by atoms with Gasteiger partial charge in [0.25, 0.3) is 0 Å². The molecule has 3 nitrogen and oxygen atoms in total. The first-order valence-corrected chi connectivity index (χ1v) is 7.38. The van der Waals surface area contributed by atoms with Crippen LogP contribution in [0.3, 0.4) is 0 Å². The van der Waals surface area contributed by atoms with Crippen LogP contribution in [0.15, 0.2) is 29.2 Å². The van der Waals surface area contributed by atoms with Crippen molar-refractivity contribution in [1.29, 1.82) is 0 Å². The van der Waals surface area contributed by atoms with Crippen molar-refractivity contribution >= 4 is 17.7 Å². The normalized spacial score (nSPS) is 23.7. The number of nitrogens with zero attached hydrogens (tertiary/aromatic N) is 1. The van der Waals surface area contributed by atoms with Crippen LogP contribution in [0, 0.1) is 5.82 Å². The van der Waals surface area contributed by atoms with E-state index in [4.69, 9.17) is 0 Å². The maximum absolute atomic E-state index is 13.4. The van der Waals surface area contributed by atoms with Crippen LogP contribution in [0.4, 0.5) is 4.39 Å². The summed E-state index contributed by atoms with van der Waals surface area (Å²) in [5.74, 6) is -0.278. The Labute approximate surface area is 116 Å². The number of carbonyl (C=O) groups is 1. The van der Waals surface area contributed by atoms with Gasteiger partial charge >= 0.3 is 5.97 Å². The van der Waals surface area contributed by atoms with Gasteiger partial charge in [0, 0.05) is 17.2 Å². The molecule has 0 bridgehead atoms. The molecule has 1 aliphatic rings. The Morgan fingerprint density at radius 2 is 2.26 bits per heavy atom. The van der Waals surface area contributed by atoms with E-state index in [0.717, 1.165) is 13.0 Å². The van der Waals surface area contributed by atoms with Gasteiger partial charge in [-0.05, 0) is 38.4 Å². The van der Waals surface area contributed by atoms with Crippen LogP contribution in [0.5, 0.6) is 0 Å². The number of carboxylic acids is 1. The molecule has 19 heavy (non-hydrogen) atoms. The number of hydrogen-bond acceptors (Lipinski definition) is 3. The second-order valence-electron chi connectivity index (χ2n) is 4.95. The van der Waals surface area contributed by atoms with Crippen molar-refractivity contribution < 1.29 is 14.3 Å². The zero-order valence-corrected chi connectivity index (χ0v) is 11.8. The molecule has 104 valence electrons. The minimum Gasteiger partial charge on any atom is -0.480 e. The highest BCUT2D eigenvalue weighted by Crippen LogP contribution is 2.30. The summed E-state index contributed by atoms with van der Waals surface area (Å²) >= 11 is 1.44. The van der Waals surface area contributed by atoms with Crippen molar-refractivity contribution in [3.8, 4) is 0 Å². The number of likely N-dealkylation sites (tertiary alicyclic amines) is 1. The van der Waals surface area contributed by atoms with Crippen molar-refractivity contribution in [2.75, 3.05) is 18.8 Å². The first-order valence-electron chi connectivity index (χ1n) is 6.40. The fourth-order valence-electron chi connectivity index (χ4n) is 2.45. The van der Waals surface area contributed by atoms with E-state index in [1.807, 2.05) is 11.0 Å². The fraction of sp³-hybridized carbons (Fsp3) is 0.500. The number of aliphatic carboxylic acids is 1. The van der Waals surface area contributed by atoms with Gasteiger partial charge in [0.05, 0.1) is 0 Å². The monoisotopic (exact) mass is 283 g/mol. The lowest BCUT2D eigenvalue weighted by Gasteiger charge is -2.30. The van der Waals surface area contributed by atoms with Gasteiger partial charge in [-0.3, -0.25) is 9.69 Å². The molecule has 1 aliphatic heterocycles. The maximum atomic E-state index is 13.4. The molecule has 1 saturated heterocycles. The quantitative estimate of drug-likeness (QED) is 0.844. The van der Waals surface area contributed by atoms with Crippen molar-refractivity contribution in [3.05, 3.63) is 30.1 Å². The number of thioether (sulfide) groups is 1. The molecular formula is C14H18FNO2S. The van der Waals surface area contributed by atoms with Gasteiger partial charge < -0.3 is 5.11 Å². The zero-order chi connectivity index (χ0) is 13.9. The summed E-state index contributed by atoms with van der Waals surface area (Å²) in [5, 5.41) is 9.29. The molecule has 1 aromatic rings. The van der Waals surface area contributed by atoms with Gasteiger partial charge in [0.1, 0.15) is 11.4 Å². The van der Waals surface area contributed by atoms with Crippen LogP contribution >= 0.6 is 11.8 Å². The molecule has 0 amide bonds. The van der Waals surface area contributed by atoms with Gasteiger partial charge in [-0.2, -0.15) is 0 Å². The van der Waals surface area contributed by atoms with E-state index in [9.17, 15) is 14.3 Å². The van der Waals surface area contributed by atoms with Gasteiger partial charge in [-0.1, -0.05) is 12.1 Å². The van der Waals surface area contributed by atoms with Crippen LogP contribution in [-0.2, 0) is 4.79 Å². The van der Waals surface area contributed by atoms with E-state index >= 15 is 0 Å². The lowest BCUT2D eigenvalue weighted by molar-refractivity contribution is -0.148. The standard InChI is InChI=1S/C14H18FNO2S/c1-14(13(17)18)7-4-8-16(14)9-10-19-12-6-3-2-5-11(12)15/h2-3,5-6H,4,7-10H2,1H3,(H,17,18). The van der Waals surface area contributed by atoms with Gasteiger partial charge in [-0.15, -0.1) is 11.8 Å². The minimum absolute atomic E-state index is 0.213. The molecule has 0 radical (unpaired) electrons. The summed E-state index contributed by atoms with van der Waals surface area (Å²) in [4.78, 5) is 13.9. The largest absolute Gasteiger partial charge is 0.480 e. The summed E-state index contributed by atoms with van der Waals surface area (Å²) in [6, 6.07) is 6.67. The van der Waals surface area contributed by atoms with E-state index in [0.29, 0.717) is 23.6 Å². The molecule has 1 atom stereocenters. The van der Waals surface area contributed by atoms with E-state index < -0.39 is 11.5 Å². The predicted molar refractivity (Wildman–Crippen MR) is 74.0 cm³/mol. The number of benzene rings is 1. The van der Waals surface area contributed by atoms with Gasteiger partial charge in [-0.25, -0.2) is 4.39 Å². The summed E-state index contributed by atoms with van der Waals surface area (Å²) in [5.41, 5.74) is -0.754. The average molecular weight is 283 g/mol. The first-order chi connectivity index (χ1) is 9.04. The van der Waals surface area contributed by atoms with Crippen LogP contribution in [0.1, 0.15) is 19.8 Å². The second-order valence-corrected chi connectivity index (χ2v) is 6.09. The summed E-state index contributed by atoms with van der Waals surface area (Å²) in [6.07, 6.45) is 1.60. The lowest BCUT2D eigenvalue weighted by atomic mass is 9.99. The van der Waals surface area contributed by atoms with Crippen molar-refractivity contribution in [2.24, 2.45) is 0 Å². The Morgan fingerprint density at radius 1 is 1.53 bits per heavy atom. The minimum atomic E-state index is -0.763. The second kappa shape index (κ2) is 5.92. The molecule has 0 aromatic heterocycles. The lowest BCUT2D eigenvalue weighted by Crippen LogP contribution is -2.48. The molecular weight excluding hydrogens is 265 g/mol. The van der Waals surface area contributed by atoms with E-state index in [1.54, 1.807) is 19.1 Å². The van der Waals surface area contributed by atoms with Crippen molar-refractivity contribution in [2.45, 2.75) is 30.2 Å². The summed E-state index contributed by atoms with van der Waals surface area (Å²) in [7, 11) is 0. The third-order valence-electron chi connectivity index (χ3n) is 3.71. The van der Waals surface area contributed by atoms with E-state index in [2.05, 4.69) is 0 Å². The predicted octanol–water partition coefficient (Wildman–Crippen LogP) is 2.86. The van der Waals surface area contributed by atoms with Crippen LogP contribution < -0.4 is 0 Å². The highest BCUT2D eigenvalue weighted by molar-refractivity contribution is 7.99. The summed E-state index contributed by atoms with van der Waals surface area (Å²) < 4.78 is 13.4. The average Bonchev–Trinajstić information content (AvgIpc) is 2.75. The number of hydrogen-bond donors (Lipinski definition) is 1. The highest BCUT2D eigenvalue weighted by Gasteiger charge is 2.42. The number of halogens is 1. The summed E-state index contributed by atoms with van der Waals surface area (Å²) in [6.45, 7) is 3.25. The Balaban J connectivity index is 1.89. The third kappa shape index (κ3) is 3.09. The Bertz CT molecular complexity index is 469. The molecule has 1 heterocycles. The smallest absolute Gasteiger partial charge is 0.323 e. The Kier molecular flexibility index (Phi) is 4.47. The highest BCUT2D eigenvalue weighted by atomic mass is 32.2. The Morgan fingerprint density at radius 3 is 2.95 bits per heavy atom. The molecule has 0 aliphatic carbocycles. The molecule has 1 unspecified atom stereocenters. The molecule has 1 N–H and O–H groups in total. The number of rotatable bonds is 5. The SMILES string of the molecule is CC1(C(=O)O)CCCN1CCSc1ccccc1F. The molecule has 0 saturated carbocycles. The van der Waals surface area contributed by atoms with E-state index in [-0.39, 0.29) is 5.82 Å². The molecule has 0 spiro atoms. The van der Waals surface area contributed by atoms with Crippen molar-refractivity contribution in [1.82, 2.24) is 4.90 Å². The zero-order valence-electron chi connectivity index (χ0n) is 10.9. The number of carboxylic acid groups (broad SMARTS) is 1. The third-order valence-corrected chi connectivity index (χ3v) is 4.73. The fourth-order valence-corrected chi connectivity index (χ4v) is 3.36. The van der Waals surface area contributed by atoms with Crippen LogP contribution in [0.25, 0.3) is 0 Å². The van der Waals surface area contributed by atoms with Crippen LogP contribution in [-0.4, -0.2) is 40.4 Å². The van der Waals surface area contributed by atoms with Gasteiger partial charge in [0.15, 0.2) is 0 Å². The maximum Gasteiger partial charge on any atom is 0.323 e. The molecule has 5 heteroatoms. The van der Waals surface area contributed by atoms with Crippen LogP contribution in [0.2, 0.25) is 0 Å². The first kappa shape index (κ1) is 14.3. The van der Waals surface area contributed by atoms with Crippen molar-refractivity contribution in [3.63, 3.8) is 0 Å². The molecule has 2 rings (SSSR count). The molecule has 1 aromatic carbocycles.